The molecule has 0 bridgehead atoms. The zero-order valence-electron chi connectivity index (χ0n) is 10.8. The van der Waals surface area contributed by atoms with Crippen LogP contribution in [0.5, 0.6) is 0 Å². The molecule has 0 spiro atoms. The predicted molar refractivity (Wildman–Crippen MR) is 81.3 cm³/mol. The quantitative estimate of drug-likeness (QED) is 0.890. The van der Waals surface area contributed by atoms with Crippen LogP contribution in [0.3, 0.4) is 0 Å². The standard InChI is InChI=1S/C13H16N2O2S2/c1-10(11-6-7-18-9-11)14-12-4-3-5-13(8-12)15-19(2,16)17/h3-10,14-15H,1-2H3. The predicted octanol–water partition coefficient (Wildman–Crippen LogP) is 3.29. The van der Waals surface area contributed by atoms with Gasteiger partial charge in [-0.25, -0.2) is 8.42 Å². The second-order valence-corrected chi connectivity index (χ2v) is 6.91. The van der Waals surface area contributed by atoms with E-state index in [1.54, 1.807) is 23.5 Å². The van der Waals surface area contributed by atoms with Crippen LogP contribution >= 0.6 is 11.3 Å². The lowest BCUT2D eigenvalue weighted by molar-refractivity contribution is 0.607. The fourth-order valence-electron chi connectivity index (χ4n) is 1.74. The van der Waals surface area contributed by atoms with Crippen molar-refractivity contribution in [2.75, 3.05) is 16.3 Å². The molecule has 0 fully saturated rings. The summed E-state index contributed by atoms with van der Waals surface area (Å²) in [5.74, 6) is 0. The molecule has 2 rings (SSSR count). The first-order valence-corrected chi connectivity index (χ1v) is 8.64. The Kier molecular flexibility index (Phi) is 4.11. The molecule has 0 aliphatic heterocycles. The van der Waals surface area contributed by atoms with Crippen molar-refractivity contribution in [1.29, 1.82) is 0 Å². The molecule has 2 aromatic rings. The summed E-state index contributed by atoms with van der Waals surface area (Å²) in [6, 6.07) is 9.48. The minimum absolute atomic E-state index is 0.180. The van der Waals surface area contributed by atoms with Gasteiger partial charge in [-0.15, -0.1) is 0 Å². The van der Waals surface area contributed by atoms with Gasteiger partial charge in [0, 0.05) is 11.7 Å². The van der Waals surface area contributed by atoms with Gasteiger partial charge in [-0.1, -0.05) is 6.07 Å². The lowest BCUT2D eigenvalue weighted by Gasteiger charge is -2.15. The number of nitrogens with one attached hydrogen (secondary N) is 2. The summed E-state index contributed by atoms with van der Waals surface area (Å²) in [5, 5.41) is 7.47. The first-order chi connectivity index (χ1) is 8.94. The van der Waals surface area contributed by atoms with Crippen molar-refractivity contribution in [2.24, 2.45) is 0 Å². The Morgan fingerprint density at radius 2 is 1.95 bits per heavy atom. The van der Waals surface area contributed by atoms with Gasteiger partial charge in [-0.3, -0.25) is 4.72 Å². The third kappa shape index (κ3) is 4.25. The summed E-state index contributed by atoms with van der Waals surface area (Å²) in [6.45, 7) is 2.07. The average molecular weight is 296 g/mol. The van der Waals surface area contributed by atoms with Gasteiger partial charge in [-0.2, -0.15) is 11.3 Å². The van der Waals surface area contributed by atoms with E-state index in [2.05, 4.69) is 28.4 Å². The number of anilines is 2. The summed E-state index contributed by atoms with van der Waals surface area (Å²) >= 11 is 1.66. The van der Waals surface area contributed by atoms with Crippen LogP contribution < -0.4 is 10.0 Å². The minimum Gasteiger partial charge on any atom is -0.378 e. The SMILES string of the molecule is CC(Nc1cccc(NS(C)(=O)=O)c1)c1ccsc1. The fourth-order valence-corrected chi connectivity index (χ4v) is 3.05. The highest BCUT2D eigenvalue weighted by Gasteiger charge is 2.07. The Labute approximate surface area is 117 Å². The molecule has 0 saturated heterocycles. The van der Waals surface area contributed by atoms with Crippen molar-refractivity contribution in [2.45, 2.75) is 13.0 Å². The highest BCUT2D eigenvalue weighted by Crippen LogP contribution is 2.23. The molecular weight excluding hydrogens is 280 g/mol. The normalized spacial score (nSPS) is 12.9. The molecule has 1 unspecified atom stereocenters. The van der Waals surface area contributed by atoms with E-state index in [0.717, 1.165) is 11.9 Å². The Morgan fingerprint density at radius 3 is 2.58 bits per heavy atom. The Hall–Kier alpha value is -1.53. The molecule has 0 radical (unpaired) electrons. The Morgan fingerprint density at radius 1 is 1.21 bits per heavy atom. The van der Waals surface area contributed by atoms with E-state index in [1.807, 2.05) is 17.5 Å². The summed E-state index contributed by atoms with van der Waals surface area (Å²) in [5.41, 5.74) is 2.66. The molecule has 102 valence electrons. The fraction of sp³-hybridized carbons (Fsp3) is 0.231. The van der Waals surface area contributed by atoms with E-state index in [4.69, 9.17) is 0 Å². The highest BCUT2D eigenvalue weighted by atomic mass is 32.2. The van der Waals surface area contributed by atoms with E-state index in [1.165, 1.54) is 5.56 Å². The van der Waals surface area contributed by atoms with Crippen LogP contribution in [0.15, 0.2) is 41.1 Å². The zero-order chi connectivity index (χ0) is 13.9. The van der Waals surface area contributed by atoms with Crippen molar-refractivity contribution in [3.8, 4) is 0 Å². The van der Waals surface area contributed by atoms with Gasteiger partial charge in [0.15, 0.2) is 0 Å². The summed E-state index contributed by atoms with van der Waals surface area (Å²) in [7, 11) is -3.24. The van der Waals surface area contributed by atoms with Gasteiger partial charge in [-0.05, 0) is 47.5 Å². The maximum absolute atomic E-state index is 11.2. The topological polar surface area (TPSA) is 58.2 Å². The molecule has 0 amide bonds. The van der Waals surface area contributed by atoms with Crippen LogP contribution in [0.25, 0.3) is 0 Å². The Balaban J connectivity index is 2.11. The molecule has 1 atom stereocenters. The molecule has 6 heteroatoms. The van der Waals surface area contributed by atoms with Crippen LogP contribution in [-0.2, 0) is 10.0 Å². The number of rotatable bonds is 5. The van der Waals surface area contributed by atoms with Crippen LogP contribution in [0.2, 0.25) is 0 Å². The lowest BCUT2D eigenvalue weighted by Crippen LogP contribution is -2.10. The number of hydrogen-bond donors (Lipinski definition) is 2. The Bertz CT molecular complexity index is 636. The van der Waals surface area contributed by atoms with Crippen LogP contribution in [-0.4, -0.2) is 14.7 Å². The summed E-state index contributed by atoms with van der Waals surface area (Å²) in [4.78, 5) is 0. The second kappa shape index (κ2) is 5.63. The van der Waals surface area contributed by atoms with Crippen molar-refractivity contribution in [3.05, 3.63) is 46.7 Å². The minimum atomic E-state index is -3.24. The monoisotopic (exact) mass is 296 g/mol. The maximum Gasteiger partial charge on any atom is 0.229 e. The van der Waals surface area contributed by atoms with E-state index in [9.17, 15) is 8.42 Å². The van der Waals surface area contributed by atoms with E-state index >= 15 is 0 Å². The van der Waals surface area contributed by atoms with Gasteiger partial charge in [0.1, 0.15) is 0 Å². The van der Waals surface area contributed by atoms with Crippen molar-refractivity contribution < 1.29 is 8.42 Å². The highest BCUT2D eigenvalue weighted by molar-refractivity contribution is 7.92. The second-order valence-electron chi connectivity index (χ2n) is 4.38. The van der Waals surface area contributed by atoms with Gasteiger partial charge in [0.05, 0.1) is 11.9 Å². The summed E-state index contributed by atoms with van der Waals surface area (Å²) in [6.07, 6.45) is 1.14. The first kappa shape index (κ1) is 13.9. The molecule has 0 saturated carbocycles. The van der Waals surface area contributed by atoms with Gasteiger partial charge < -0.3 is 5.32 Å². The van der Waals surface area contributed by atoms with Crippen LogP contribution in [0.4, 0.5) is 11.4 Å². The van der Waals surface area contributed by atoms with Crippen LogP contribution in [0, 0.1) is 0 Å². The van der Waals surface area contributed by atoms with Gasteiger partial charge in [0.25, 0.3) is 0 Å². The molecule has 1 aromatic carbocycles. The maximum atomic E-state index is 11.2. The molecule has 1 aromatic heterocycles. The number of hydrogen-bond acceptors (Lipinski definition) is 4. The molecule has 19 heavy (non-hydrogen) atoms. The lowest BCUT2D eigenvalue weighted by atomic mass is 10.1. The van der Waals surface area contributed by atoms with Crippen molar-refractivity contribution >= 4 is 32.7 Å². The molecule has 0 aliphatic carbocycles. The number of benzene rings is 1. The first-order valence-electron chi connectivity index (χ1n) is 5.80. The van der Waals surface area contributed by atoms with E-state index in [-0.39, 0.29) is 6.04 Å². The van der Waals surface area contributed by atoms with E-state index in [0.29, 0.717) is 5.69 Å². The third-order valence-electron chi connectivity index (χ3n) is 2.59. The average Bonchev–Trinajstić information content (AvgIpc) is 2.80. The van der Waals surface area contributed by atoms with Gasteiger partial charge in [0.2, 0.25) is 10.0 Å². The smallest absolute Gasteiger partial charge is 0.229 e. The van der Waals surface area contributed by atoms with Crippen molar-refractivity contribution in [3.63, 3.8) is 0 Å². The molecule has 1 heterocycles. The van der Waals surface area contributed by atoms with Crippen molar-refractivity contribution in [1.82, 2.24) is 0 Å². The summed E-state index contributed by atoms with van der Waals surface area (Å²) < 4.78 is 24.8. The van der Waals surface area contributed by atoms with Gasteiger partial charge >= 0.3 is 0 Å². The number of sulfonamides is 1. The molecule has 2 N–H and O–H groups in total. The third-order valence-corrected chi connectivity index (χ3v) is 3.90. The number of thiophene rings is 1. The largest absolute Gasteiger partial charge is 0.378 e. The zero-order valence-corrected chi connectivity index (χ0v) is 12.4. The molecule has 4 nitrogen and oxygen atoms in total. The van der Waals surface area contributed by atoms with Crippen LogP contribution in [0.1, 0.15) is 18.5 Å². The molecular formula is C13H16N2O2S2. The molecule has 0 aliphatic rings. The van der Waals surface area contributed by atoms with E-state index < -0.39 is 10.0 Å².